The Morgan fingerprint density at radius 2 is 1.50 bits per heavy atom. The summed E-state index contributed by atoms with van der Waals surface area (Å²) in [5, 5.41) is 8.52. The molecule has 2 rings (SSSR count). The number of aryl methyl sites for hydroxylation is 1. The number of amides is 1. The Kier molecular flexibility index (Phi) is 12.3. The minimum Gasteiger partial charge on any atom is -0.288 e. The van der Waals surface area contributed by atoms with Gasteiger partial charge in [0, 0.05) is 16.2 Å². The van der Waals surface area contributed by atoms with Crippen molar-refractivity contribution in [2.24, 2.45) is 0 Å². The molecule has 0 fully saturated rings. The van der Waals surface area contributed by atoms with Gasteiger partial charge in [-0.05, 0) is 36.2 Å². The van der Waals surface area contributed by atoms with Crippen molar-refractivity contribution in [2.45, 2.75) is 39.0 Å². The molecule has 0 aliphatic carbocycles. The van der Waals surface area contributed by atoms with E-state index in [1.54, 1.807) is 29.7 Å². The Morgan fingerprint density at radius 3 is 2.00 bits per heavy atom. The SMILES string of the molecule is CC.CC.O=C(NO)c1ccc(CCS(=O)c2ccccc2)cc1. The predicted molar refractivity (Wildman–Crippen MR) is 99.8 cm³/mol. The Bertz CT molecular complexity index is 598. The van der Waals surface area contributed by atoms with E-state index in [9.17, 15) is 9.00 Å². The molecule has 0 spiro atoms. The Labute approximate surface area is 147 Å². The highest BCUT2D eigenvalue weighted by atomic mass is 32.2. The first kappa shape index (κ1) is 22.0. The second-order valence-electron chi connectivity index (χ2n) is 4.25. The van der Waals surface area contributed by atoms with E-state index in [1.807, 2.05) is 58.0 Å². The van der Waals surface area contributed by atoms with Crippen LogP contribution >= 0.6 is 0 Å². The lowest BCUT2D eigenvalue weighted by Gasteiger charge is -2.04. The molecule has 2 aromatic rings. The summed E-state index contributed by atoms with van der Waals surface area (Å²) >= 11 is 0. The van der Waals surface area contributed by atoms with Crippen LogP contribution in [-0.2, 0) is 17.2 Å². The summed E-state index contributed by atoms with van der Waals surface area (Å²) in [5.41, 5.74) is 2.98. The van der Waals surface area contributed by atoms with Crippen LogP contribution in [0.4, 0.5) is 0 Å². The van der Waals surface area contributed by atoms with E-state index in [0.29, 0.717) is 17.7 Å². The lowest BCUT2D eigenvalue weighted by molar-refractivity contribution is 0.0706. The van der Waals surface area contributed by atoms with E-state index in [-0.39, 0.29) is 0 Å². The molecular formula is C19H27NO3S. The second-order valence-corrected chi connectivity index (χ2v) is 5.82. The van der Waals surface area contributed by atoms with Crippen molar-refractivity contribution in [3.05, 3.63) is 65.7 Å². The fraction of sp³-hybridized carbons (Fsp3) is 0.316. The smallest absolute Gasteiger partial charge is 0.274 e. The molecule has 0 bridgehead atoms. The highest BCUT2D eigenvalue weighted by molar-refractivity contribution is 7.85. The fourth-order valence-corrected chi connectivity index (χ4v) is 2.91. The maximum absolute atomic E-state index is 12.1. The number of benzene rings is 2. The van der Waals surface area contributed by atoms with Gasteiger partial charge in [0.2, 0.25) is 0 Å². The standard InChI is InChI=1S/C15H15NO3S.2C2H6/c17-15(16-18)13-8-6-12(7-9-13)10-11-20(19)14-4-2-1-3-5-14;2*1-2/h1-9,18H,10-11H2,(H,16,17);2*1-2H3. The maximum Gasteiger partial charge on any atom is 0.274 e. The van der Waals surface area contributed by atoms with E-state index >= 15 is 0 Å². The van der Waals surface area contributed by atoms with Crippen molar-refractivity contribution in [3.63, 3.8) is 0 Å². The van der Waals surface area contributed by atoms with Gasteiger partial charge < -0.3 is 0 Å². The van der Waals surface area contributed by atoms with Crippen molar-refractivity contribution >= 4 is 16.7 Å². The highest BCUT2D eigenvalue weighted by Crippen LogP contribution is 2.10. The molecule has 0 aliphatic heterocycles. The third-order valence-corrected chi connectivity index (χ3v) is 4.27. The minimum atomic E-state index is -1.02. The maximum atomic E-state index is 12.1. The normalized spacial score (nSPS) is 10.4. The van der Waals surface area contributed by atoms with Crippen molar-refractivity contribution in [3.8, 4) is 0 Å². The fourth-order valence-electron chi connectivity index (χ4n) is 1.79. The molecule has 1 unspecified atom stereocenters. The average Bonchev–Trinajstić information content (AvgIpc) is 2.69. The largest absolute Gasteiger partial charge is 0.288 e. The Balaban J connectivity index is 0.00000123. The number of carbonyl (C=O) groups is 1. The molecule has 0 aliphatic rings. The second kappa shape index (κ2) is 13.5. The molecule has 0 saturated heterocycles. The minimum absolute atomic E-state index is 0.389. The first-order valence-electron chi connectivity index (χ1n) is 8.17. The Hall–Kier alpha value is -1.98. The molecule has 4 nitrogen and oxygen atoms in total. The van der Waals surface area contributed by atoms with E-state index in [0.717, 1.165) is 10.5 Å². The summed E-state index contributed by atoms with van der Waals surface area (Å²) in [6.45, 7) is 8.00. The van der Waals surface area contributed by atoms with Crippen LogP contribution in [-0.4, -0.2) is 21.1 Å². The number of hydrogen-bond acceptors (Lipinski definition) is 3. The van der Waals surface area contributed by atoms with Gasteiger partial charge >= 0.3 is 0 Å². The lowest BCUT2D eigenvalue weighted by Crippen LogP contribution is -2.18. The number of hydrogen-bond donors (Lipinski definition) is 2. The van der Waals surface area contributed by atoms with Gasteiger partial charge in [0.25, 0.3) is 5.91 Å². The van der Waals surface area contributed by atoms with Gasteiger partial charge in [0.15, 0.2) is 0 Å². The molecule has 132 valence electrons. The molecule has 0 radical (unpaired) electrons. The van der Waals surface area contributed by atoms with Gasteiger partial charge in [-0.25, -0.2) is 5.48 Å². The quantitative estimate of drug-likeness (QED) is 0.628. The zero-order valence-corrected chi connectivity index (χ0v) is 15.6. The third-order valence-electron chi connectivity index (χ3n) is 2.90. The van der Waals surface area contributed by atoms with Gasteiger partial charge in [0.05, 0.1) is 10.8 Å². The molecule has 2 aromatic carbocycles. The summed E-state index contributed by atoms with van der Waals surface area (Å²) < 4.78 is 12.1. The van der Waals surface area contributed by atoms with E-state index < -0.39 is 16.7 Å². The lowest BCUT2D eigenvalue weighted by atomic mass is 10.1. The van der Waals surface area contributed by atoms with E-state index in [2.05, 4.69) is 0 Å². The number of rotatable bonds is 5. The molecule has 2 N–H and O–H groups in total. The molecule has 1 amide bonds. The van der Waals surface area contributed by atoms with Crippen molar-refractivity contribution in [2.75, 3.05) is 5.75 Å². The average molecular weight is 349 g/mol. The number of carbonyl (C=O) groups excluding carboxylic acids is 1. The molecule has 0 aromatic heterocycles. The van der Waals surface area contributed by atoms with Crippen LogP contribution in [0.5, 0.6) is 0 Å². The van der Waals surface area contributed by atoms with Crippen molar-refractivity contribution in [1.82, 2.24) is 5.48 Å². The molecule has 24 heavy (non-hydrogen) atoms. The topological polar surface area (TPSA) is 66.4 Å². The molecule has 5 heteroatoms. The zero-order chi connectivity index (χ0) is 18.4. The summed E-state index contributed by atoms with van der Waals surface area (Å²) in [7, 11) is -1.02. The van der Waals surface area contributed by atoms with Gasteiger partial charge in [-0.3, -0.25) is 14.2 Å². The summed E-state index contributed by atoms with van der Waals surface area (Å²) in [4.78, 5) is 12.0. The first-order chi connectivity index (χ1) is 11.7. The van der Waals surface area contributed by atoms with Gasteiger partial charge in [-0.2, -0.15) is 0 Å². The molecular weight excluding hydrogens is 322 g/mol. The van der Waals surface area contributed by atoms with Crippen molar-refractivity contribution in [1.29, 1.82) is 0 Å². The molecule has 0 heterocycles. The van der Waals surface area contributed by atoms with Gasteiger partial charge in [-0.15, -0.1) is 0 Å². The van der Waals surface area contributed by atoms with Crippen LogP contribution in [0, 0.1) is 0 Å². The summed E-state index contributed by atoms with van der Waals surface area (Å²) in [6, 6.07) is 16.2. The van der Waals surface area contributed by atoms with E-state index in [1.165, 1.54) is 0 Å². The predicted octanol–water partition coefficient (Wildman–Crippen LogP) is 4.21. The summed E-state index contributed by atoms with van der Waals surface area (Å²) in [5.74, 6) is -0.000323. The van der Waals surface area contributed by atoms with Crippen molar-refractivity contribution < 1.29 is 14.2 Å². The first-order valence-corrected chi connectivity index (χ1v) is 9.49. The van der Waals surface area contributed by atoms with Gasteiger partial charge in [-0.1, -0.05) is 58.0 Å². The molecule has 1 atom stereocenters. The Morgan fingerprint density at radius 1 is 0.958 bits per heavy atom. The third kappa shape index (κ3) is 7.53. The van der Waals surface area contributed by atoms with Crippen LogP contribution in [0.1, 0.15) is 43.6 Å². The zero-order valence-electron chi connectivity index (χ0n) is 14.8. The van der Waals surface area contributed by atoms with Crippen LogP contribution < -0.4 is 5.48 Å². The van der Waals surface area contributed by atoms with Crippen LogP contribution in [0.2, 0.25) is 0 Å². The monoisotopic (exact) mass is 349 g/mol. The number of hydroxylamine groups is 1. The molecule has 0 saturated carbocycles. The van der Waals surface area contributed by atoms with E-state index in [4.69, 9.17) is 5.21 Å². The number of nitrogens with one attached hydrogen (secondary N) is 1. The van der Waals surface area contributed by atoms with Crippen LogP contribution in [0.3, 0.4) is 0 Å². The van der Waals surface area contributed by atoms with Crippen LogP contribution in [0.25, 0.3) is 0 Å². The summed E-state index contributed by atoms with van der Waals surface area (Å²) in [6.07, 6.45) is 0.669. The highest BCUT2D eigenvalue weighted by Gasteiger charge is 2.06. The van der Waals surface area contributed by atoms with Gasteiger partial charge in [0.1, 0.15) is 0 Å². The van der Waals surface area contributed by atoms with Crippen LogP contribution in [0.15, 0.2) is 59.5 Å².